The standard InChI is InChI=1S/C18H38N2/c1-6-10-11-17(7-2)14-20-15-18(8-3,9-4)19-13-12-16(20)5/h16-17,19H,6-15H2,1-5H3. The van der Waals surface area contributed by atoms with Crippen LogP contribution in [-0.2, 0) is 0 Å². The Hall–Kier alpha value is -0.0800. The zero-order valence-electron chi connectivity index (χ0n) is 14.7. The van der Waals surface area contributed by atoms with Gasteiger partial charge in [-0.05, 0) is 45.1 Å². The lowest BCUT2D eigenvalue weighted by Crippen LogP contribution is -2.52. The minimum atomic E-state index is 0.355. The minimum absolute atomic E-state index is 0.355. The van der Waals surface area contributed by atoms with Gasteiger partial charge in [-0.2, -0.15) is 0 Å². The van der Waals surface area contributed by atoms with E-state index in [1.54, 1.807) is 0 Å². The second-order valence-electron chi connectivity index (χ2n) is 6.90. The van der Waals surface area contributed by atoms with E-state index in [9.17, 15) is 0 Å². The van der Waals surface area contributed by atoms with Crippen molar-refractivity contribution in [1.82, 2.24) is 10.2 Å². The predicted molar refractivity (Wildman–Crippen MR) is 90.3 cm³/mol. The predicted octanol–water partition coefficient (Wildman–Crippen LogP) is 4.45. The Morgan fingerprint density at radius 1 is 1.20 bits per heavy atom. The molecule has 1 rings (SSSR count). The molecule has 0 amide bonds. The van der Waals surface area contributed by atoms with E-state index in [1.165, 1.54) is 64.6 Å². The van der Waals surface area contributed by atoms with Crippen LogP contribution in [0.15, 0.2) is 0 Å². The molecule has 2 unspecified atom stereocenters. The van der Waals surface area contributed by atoms with Crippen molar-refractivity contribution in [2.24, 2.45) is 5.92 Å². The van der Waals surface area contributed by atoms with E-state index in [0.717, 1.165) is 12.0 Å². The molecule has 2 nitrogen and oxygen atoms in total. The van der Waals surface area contributed by atoms with Gasteiger partial charge in [-0.1, -0.05) is 47.0 Å². The highest BCUT2D eigenvalue weighted by Gasteiger charge is 2.33. The van der Waals surface area contributed by atoms with Gasteiger partial charge in [0.2, 0.25) is 0 Å². The van der Waals surface area contributed by atoms with Crippen molar-refractivity contribution >= 4 is 0 Å². The molecule has 1 aliphatic heterocycles. The molecule has 1 heterocycles. The fourth-order valence-electron chi connectivity index (χ4n) is 3.55. The zero-order valence-corrected chi connectivity index (χ0v) is 14.7. The molecule has 1 saturated heterocycles. The largest absolute Gasteiger partial charge is 0.310 e. The van der Waals surface area contributed by atoms with Gasteiger partial charge in [0.1, 0.15) is 0 Å². The summed E-state index contributed by atoms with van der Waals surface area (Å²) in [5, 5.41) is 3.85. The minimum Gasteiger partial charge on any atom is -0.310 e. The normalized spacial score (nSPS) is 25.4. The van der Waals surface area contributed by atoms with Crippen LogP contribution in [0.5, 0.6) is 0 Å². The van der Waals surface area contributed by atoms with E-state index in [2.05, 4.69) is 44.8 Å². The quantitative estimate of drug-likeness (QED) is 0.708. The summed E-state index contributed by atoms with van der Waals surface area (Å²) >= 11 is 0. The first-order chi connectivity index (χ1) is 9.60. The Kier molecular flexibility index (Phi) is 8.13. The van der Waals surface area contributed by atoms with E-state index >= 15 is 0 Å². The van der Waals surface area contributed by atoms with E-state index in [4.69, 9.17) is 0 Å². The number of hydrogen-bond donors (Lipinski definition) is 1. The Balaban J connectivity index is 2.67. The first kappa shape index (κ1) is 18.0. The molecule has 1 N–H and O–H groups in total. The zero-order chi connectivity index (χ0) is 15.0. The summed E-state index contributed by atoms with van der Waals surface area (Å²) in [7, 11) is 0. The summed E-state index contributed by atoms with van der Waals surface area (Å²) in [5.41, 5.74) is 0.355. The van der Waals surface area contributed by atoms with Crippen molar-refractivity contribution in [1.29, 1.82) is 0 Å². The lowest BCUT2D eigenvalue weighted by atomic mass is 9.91. The molecule has 0 saturated carbocycles. The average molecular weight is 283 g/mol. The van der Waals surface area contributed by atoms with Gasteiger partial charge in [0.15, 0.2) is 0 Å². The van der Waals surface area contributed by atoms with Crippen LogP contribution in [0, 0.1) is 5.92 Å². The Bertz CT molecular complexity index is 248. The summed E-state index contributed by atoms with van der Waals surface area (Å²) < 4.78 is 0. The monoisotopic (exact) mass is 282 g/mol. The first-order valence-corrected chi connectivity index (χ1v) is 9.09. The van der Waals surface area contributed by atoms with Crippen LogP contribution < -0.4 is 5.32 Å². The van der Waals surface area contributed by atoms with Gasteiger partial charge in [-0.15, -0.1) is 0 Å². The highest BCUT2D eigenvalue weighted by molar-refractivity contribution is 4.93. The van der Waals surface area contributed by atoms with Crippen LogP contribution in [0.1, 0.15) is 79.6 Å². The molecular weight excluding hydrogens is 244 g/mol. The molecule has 0 spiro atoms. The molecule has 1 aliphatic rings. The summed E-state index contributed by atoms with van der Waals surface area (Å²) in [6.45, 7) is 15.5. The van der Waals surface area contributed by atoms with Crippen LogP contribution >= 0.6 is 0 Å². The van der Waals surface area contributed by atoms with Gasteiger partial charge in [0, 0.05) is 24.7 Å². The van der Waals surface area contributed by atoms with Crippen molar-refractivity contribution in [2.45, 2.75) is 91.1 Å². The summed E-state index contributed by atoms with van der Waals surface area (Å²) in [6, 6.07) is 0.734. The van der Waals surface area contributed by atoms with Gasteiger partial charge in [0.25, 0.3) is 0 Å². The molecule has 0 radical (unpaired) electrons. The first-order valence-electron chi connectivity index (χ1n) is 9.09. The van der Waals surface area contributed by atoms with Crippen LogP contribution in [0.4, 0.5) is 0 Å². The maximum absolute atomic E-state index is 3.85. The number of hydrogen-bond acceptors (Lipinski definition) is 2. The lowest BCUT2D eigenvalue weighted by Gasteiger charge is -2.38. The van der Waals surface area contributed by atoms with Crippen LogP contribution in [-0.4, -0.2) is 36.1 Å². The van der Waals surface area contributed by atoms with Crippen LogP contribution in [0.3, 0.4) is 0 Å². The molecule has 20 heavy (non-hydrogen) atoms. The topological polar surface area (TPSA) is 15.3 Å². The van der Waals surface area contributed by atoms with Crippen molar-refractivity contribution < 1.29 is 0 Å². The third-order valence-corrected chi connectivity index (χ3v) is 5.58. The molecule has 2 heteroatoms. The number of nitrogens with zero attached hydrogens (tertiary/aromatic N) is 1. The molecule has 0 aromatic rings. The Morgan fingerprint density at radius 3 is 2.45 bits per heavy atom. The van der Waals surface area contributed by atoms with Crippen molar-refractivity contribution in [3.63, 3.8) is 0 Å². The van der Waals surface area contributed by atoms with E-state index < -0.39 is 0 Å². The molecule has 0 aromatic heterocycles. The van der Waals surface area contributed by atoms with Crippen LogP contribution in [0.2, 0.25) is 0 Å². The molecule has 0 bridgehead atoms. The fourth-order valence-corrected chi connectivity index (χ4v) is 3.55. The molecule has 0 aromatic carbocycles. The second-order valence-corrected chi connectivity index (χ2v) is 6.90. The van der Waals surface area contributed by atoms with Crippen molar-refractivity contribution in [3.8, 4) is 0 Å². The summed E-state index contributed by atoms with van der Waals surface area (Å²) in [6.07, 6.45) is 9.27. The number of rotatable bonds is 8. The number of unbranched alkanes of at least 4 members (excludes halogenated alkanes) is 1. The highest BCUT2D eigenvalue weighted by atomic mass is 15.2. The molecular formula is C18H38N2. The van der Waals surface area contributed by atoms with Gasteiger partial charge in [-0.3, -0.25) is 4.90 Å². The maximum atomic E-state index is 3.85. The second kappa shape index (κ2) is 9.04. The lowest BCUT2D eigenvalue weighted by molar-refractivity contribution is 0.132. The molecule has 1 fully saturated rings. The SMILES string of the molecule is CCCCC(CC)CN1CC(CC)(CC)NCCC1C. The van der Waals surface area contributed by atoms with E-state index in [0.29, 0.717) is 5.54 Å². The summed E-state index contributed by atoms with van der Waals surface area (Å²) in [4.78, 5) is 2.79. The third-order valence-electron chi connectivity index (χ3n) is 5.58. The van der Waals surface area contributed by atoms with Crippen molar-refractivity contribution in [3.05, 3.63) is 0 Å². The fraction of sp³-hybridized carbons (Fsp3) is 1.00. The molecule has 0 aliphatic carbocycles. The van der Waals surface area contributed by atoms with E-state index in [-0.39, 0.29) is 0 Å². The average Bonchev–Trinajstić information content (AvgIpc) is 2.63. The van der Waals surface area contributed by atoms with Gasteiger partial charge >= 0.3 is 0 Å². The third kappa shape index (κ3) is 5.04. The van der Waals surface area contributed by atoms with E-state index in [1.807, 2.05) is 0 Å². The Morgan fingerprint density at radius 2 is 1.90 bits per heavy atom. The number of nitrogens with one attached hydrogen (secondary N) is 1. The molecule has 2 atom stereocenters. The summed E-state index contributed by atoms with van der Waals surface area (Å²) in [5.74, 6) is 0.891. The van der Waals surface area contributed by atoms with Gasteiger partial charge in [0.05, 0.1) is 0 Å². The van der Waals surface area contributed by atoms with Crippen molar-refractivity contribution in [2.75, 3.05) is 19.6 Å². The molecule has 120 valence electrons. The maximum Gasteiger partial charge on any atom is 0.0303 e. The smallest absolute Gasteiger partial charge is 0.0303 e. The Labute approximate surface area is 127 Å². The van der Waals surface area contributed by atoms with Gasteiger partial charge < -0.3 is 5.32 Å². The van der Waals surface area contributed by atoms with Crippen LogP contribution in [0.25, 0.3) is 0 Å². The van der Waals surface area contributed by atoms with Gasteiger partial charge in [-0.25, -0.2) is 0 Å². The highest BCUT2D eigenvalue weighted by Crippen LogP contribution is 2.25.